The molecule has 0 atom stereocenters. The van der Waals surface area contributed by atoms with E-state index in [1.165, 1.54) is 12.8 Å². The van der Waals surface area contributed by atoms with E-state index in [2.05, 4.69) is 15.3 Å². The van der Waals surface area contributed by atoms with Crippen LogP contribution in [-0.2, 0) is 0 Å². The second-order valence-corrected chi connectivity index (χ2v) is 5.59. The number of nitrogens with one attached hydrogen (secondary N) is 1. The van der Waals surface area contributed by atoms with Crippen LogP contribution < -0.4 is 14.8 Å². The largest absolute Gasteiger partial charge is 0.474 e. The lowest BCUT2D eigenvalue weighted by atomic mass is 9.95. The van der Waals surface area contributed by atoms with Gasteiger partial charge in [-0.2, -0.15) is 0 Å². The van der Waals surface area contributed by atoms with E-state index in [-0.39, 0.29) is 12.4 Å². The zero-order chi connectivity index (χ0) is 15.2. The lowest BCUT2D eigenvalue weighted by Crippen LogP contribution is -2.28. The summed E-state index contributed by atoms with van der Waals surface area (Å²) in [6, 6.07) is 7.78. The average molecular weight is 338 g/mol. The molecule has 0 amide bonds. The minimum Gasteiger partial charge on any atom is -0.474 e. The summed E-state index contributed by atoms with van der Waals surface area (Å²) in [4.78, 5) is 9.06. The molecular weight excluding hydrogens is 314 g/mol. The van der Waals surface area contributed by atoms with E-state index in [0.717, 1.165) is 36.5 Å². The SMILES string of the molecule is CCOc1nc2ccccc2nc1OCCC1CCNCC1.Cl. The third-order valence-electron chi connectivity index (χ3n) is 4.01. The zero-order valence-electron chi connectivity index (χ0n) is 13.5. The highest BCUT2D eigenvalue weighted by atomic mass is 35.5. The first-order chi connectivity index (χ1) is 10.9. The zero-order valence-corrected chi connectivity index (χ0v) is 14.3. The molecule has 2 aromatic rings. The van der Waals surface area contributed by atoms with E-state index < -0.39 is 0 Å². The summed E-state index contributed by atoms with van der Waals surface area (Å²) in [5.74, 6) is 1.74. The number of piperidine rings is 1. The van der Waals surface area contributed by atoms with Gasteiger partial charge in [0.15, 0.2) is 0 Å². The van der Waals surface area contributed by atoms with E-state index in [9.17, 15) is 0 Å². The Labute approximate surface area is 143 Å². The minimum atomic E-state index is 0. The maximum Gasteiger partial charge on any atom is 0.278 e. The Morgan fingerprint density at radius 1 is 1.04 bits per heavy atom. The maximum atomic E-state index is 5.88. The van der Waals surface area contributed by atoms with Crippen molar-refractivity contribution in [2.75, 3.05) is 26.3 Å². The van der Waals surface area contributed by atoms with Crippen LogP contribution in [0.5, 0.6) is 11.8 Å². The molecule has 3 rings (SSSR count). The van der Waals surface area contributed by atoms with Crippen LogP contribution >= 0.6 is 12.4 Å². The average Bonchev–Trinajstić information content (AvgIpc) is 2.56. The monoisotopic (exact) mass is 337 g/mol. The Balaban J connectivity index is 0.00000192. The molecule has 0 aliphatic carbocycles. The smallest absolute Gasteiger partial charge is 0.278 e. The van der Waals surface area contributed by atoms with E-state index in [4.69, 9.17) is 9.47 Å². The fourth-order valence-electron chi connectivity index (χ4n) is 2.79. The van der Waals surface area contributed by atoms with Crippen molar-refractivity contribution in [2.45, 2.75) is 26.2 Å². The van der Waals surface area contributed by atoms with E-state index in [1.54, 1.807) is 0 Å². The van der Waals surface area contributed by atoms with Crippen molar-refractivity contribution in [3.05, 3.63) is 24.3 Å². The highest BCUT2D eigenvalue weighted by Gasteiger charge is 2.15. The Kier molecular flexibility index (Phi) is 6.86. The second-order valence-electron chi connectivity index (χ2n) is 5.59. The molecule has 0 spiro atoms. The van der Waals surface area contributed by atoms with E-state index in [1.807, 2.05) is 31.2 Å². The van der Waals surface area contributed by atoms with Gasteiger partial charge in [-0.1, -0.05) is 12.1 Å². The number of rotatable bonds is 6. The number of aromatic nitrogens is 2. The summed E-state index contributed by atoms with van der Waals surface area (Å²) in [6.45, 7) is 5.39. The van der Waals surface area contributed by atoms with Crippen molar-refractivity contribution in [1.29, 1.82) is 0 Å². The number of fused-ring (bicyclic) bond motifs is 1. The lowest BCUT2D eigenvalue weighted by molar-refractivity contribution is 0.227. The quantitative estimate of drug-likeness (QED) is 0.877. The van der Waals surface area contributed by atoms with Crippen molar-refractivity contribution < 1.29 is 9.47 Å². The predicted octanol–water partition coefficient (Wildman–Crippen LogP) is 3.22. The predicted molar refractivity (Wildman–Crippen MR) is 93.7 cm³/mol. The Morgan fingerprint density at radius 3 is 2.26 bits per heavy atom. The summed E-state index contributed by atoms with van der Waals surface area (Å²) in [7, 11) is 0. The van der Waals surface area contributed by atoms with Crippen molar-refractivity contribution in [3.63, 3.8) is 0 Å². The Hall–Kier alpha value is -1.59. The Bertz CT molecular complexity index is 618. The van der Waals surface area contributed by atoms with Crippen LogP contribution in [0.15, 0.2) is 24.3 Å². The summed E-state index contributed by atoms with van der Waals surface area (Å²) < 4.78 is 11.5. The molecule has 6 heteroatoms. The van der Waals surface area contributed by atoms with Crippen LogP contribution in [0.4, 0.5) is 0 Å². The molecule has 1 aromatic heterocycles. The molecule has 0 saturated carbocycles. The van der Waals surface area contributed by atoms with Gasteiger partial charge in [-0.3, -0.25) is 0 Å². The van der Waals surface area contributed by atoms with Crippen LogP contribution in [0.25, 0.3) is 11.0 Å². The second kappa shape index (κ2) is 8.89. The molecule has 0 bridgehead atoms. The standard InChI is InChI=1S/C17H23N3O2.ClH/c1-2-21-16-17(20-15-6-4-3-5-14(15)19-16)22-12-9-13-7-10-18-11-8-13;/h3-6,13,18H,2,7-12H2,1H3;1H. The van der Waals surface area contributed by atoms with Crippen LogP contribution in [-0.4, -0.2) is 36.3 Å². The van der Waals surface area contributed by atoms with Gasteiger partial charge in [-0.05, 0) is 57.3 Å². The van der Waals surface area contributed by atoms with Gasteiger partial charge in [0.2, 0.25) is 0 Å². The van der Waals surface area contributed by atoms with Crippen LogP contribution in [0.3, 0.4) is 0 Å². The number of hydrogen-bond acceptors (Lipinski definition) is 5. The van der Waals surface area contributed by atoms with Crippen LogP contribution in [0.2, 0.25) is 0 Å². The molecule has 1 saturated heterocycles. The number of halogens is 1. The third-order valence-corrected chi connectivity index (χ3v) is 4.01. The molecule has 0 radical (unpaired) electrons. The van der Waals surface area contributed by atoms with Gasteiger partial charge in [0, 0.05) is 0 Å². The fraction of sp³-hybridized carbons (Fsp3) is 0.529. The van der Waals surface area contributed by atoms with E-state index >= 15 is 0 Å². The first-order valence-electron chi connectivity index (χ1n) is 8.10. The van der Waals surface area contributed by atoms with Crippen LogP contribution in [0.1, 0.15) is 26.2 Å². The van der Waals surface area contributed by atoms with Crippen molar-refractivity contribution in [1.82, 2.24) is 15.3 Å². The molecule has 1 fully saturated rings. The first kappa shape index (κ1) is 17.8. The first-order valence-corrected chi connectivity index (χ1v) is 8.10. The van der Waals surface area contributed by atoms with Crippen LogP contribution in [0, 0.1) is 5.92 Å². The summed E-state index contributed by atoms with van der Waals surface area (Å²) >= 11 is 0. The normalized spacial score (nSPS) is 15.2. The lowest BCUT2D eigenvalue weighted by Gasteiger charge is -2.22. The molecule has 1 aliphatic rings. The number of para-hydroxylation sites is 2. The molecule has 1 N–H and O–H groups in total. The molecule has 0 unspecified atom stereocenters. The van der Waals surface area contributed by atoms with Gasteiger partial charge in [-0.15, -0.1) is 12.4 Å². The molecular formula is C17H24ClN3O2. The van der Waals surface area contributed by atoms with Crippen molar-refractivity contribution >= 4 is 23.4 Å². The number of hydrogen-bond donors (Lipinski definition) is 1. The molecule has 5 nitrogen and oxygen atoms in total. The highest BCUT2D eigenvalue weighted by molar-refractivity contribution is 5.85. The molecule has 2 heterocycles. The maximum absolute atomic E-state index is 5.88. The summed E-state index contributed by atoms with van der Waals surface area (Å²) in [5.41, 5.74) is 1.67. The highest BCUT2D eigenvalue weighted by Crippen LogP contribution is 2.26. The molecule has 23 heavy (non-hydrogen) atoms. The number of ether oxygens (including phenoxy) is 2. The minimum absolute atomic E-state index is 0. The molecule has 126 valence electrons. The summed E-state index contributed by atoms with van der Waals surface area (Å²) in [5, 5.41) is 3.39. The fourth-order valence-corrected chi connectivity index (χ4v) is 2.79. The van der Waals surface area contributed by atoms with Gasteiger partial charge in [0.05, 0.1) is 24.2 Å². The van der Waals surface area contributed by atoms with Crippen molar-refractivity contribution in [3.8, 4) is 11.8 Å². The number of nitrogens with zero attached hydrogens (tertiary/aromatic N) is 2. The van der Waals surface area contributed by atoms with Gasteiger partial charge in [0.25, 0.3) is 11.8 Å². The van der Waals surface area contributed by atoms with Gasteiger partial charge in [0.1, 0.15) is 0 Å². The summed E-state index contributed by atoms with van der Waals surface area (Å²) in [6.07, 6.45) is 3.51. The van der Waals surface area contributed by atoms with Crippen molar-refractivity contribution in [2.24, 2.45) is 5.92 Å². The molecule has 1 aliphatic heterocycles. The number of benzene rings is 1. The Morgan fingerprint density at radius 2 is 1.65 bits per heavy atom. The van der Waals surface area contributed by atoms with E-state index in [0.29, 0.717) is 25.0 Å². The van der Waals surface area contributed by atoms with Gasteiger partial charge >= 0.3 is 0 Å². The topological polar surface area (TPSA) is 56.3 Å². The van der Waals surface area contributed by atoms with Gasteiger partial charge < -0.3 is 14.8 Å². The van der Waals surface area contributed by atoms with Gasteiger partial charge in [-0.25, -0.2) is 9.97 Å². The third kappa shape index (κ3) is 4.69. The molecule has 1 aromatic carbocycles.